The predicted molar refractivity (Wildman–Crippen MR) is 64.8 cm³/mol. The topological polar surface area (TPSA) is 40.5 Å². The van der Waals surface area contributed by atoms with Gasteiger partial charge in [-0.3, -0.25) is 9.69 Å². The van der Waals surface area contributed by atoms with Gasteiger partial charge < -0.3 is 5.11 Å². The number of hydrogen-bond donors (Lipinski definition) is 1. The van der Waals surface area contributed by atoms with E-state index >= 15 is 0 Å². The van der Waals surface area contributed by atoms with Gasteiger partial charge >= 0.3 is 0 Å². The summed E-state index contributed by atoms with van der Waals surface area (Å²) >= 11 is 0. The zero-order chi connectivity index (χ0) is 12.0. The lowest BCUT2D eigenvalue weighted by molar-refractivity contribution is 0.0945. The Hall–Kier alpha value is -1.35. The number of unbranched alkanes of at least 4 members (excludes halogenated alkanes) is 1. The van der Waals surface area contributed by atoms with E-state index in [2.05, 4.69) is 6.92 Å². The number of rotatable bonds is 6. The molecule has 0 saturated heterocycles. The Labute approximate surface area is 96.7 Å². The van der Waals surface area contributed by atoms with Gasteiger partial charge in [-0.1, -0.05) is 13.3 Å². The number of carbonyl (C=O) groups is 1. The van der Waals surface area contributed by atoms with Crippen molar-refractivity contribution in [1.29, 1.82) is 0 Å². The average molecular weight is 221 g/mol. The minimum atomic E-state index is 0.0959. The van der Waals surface area contributed by atoms with Gasteiger partial charge in [0, 0.05) is 5.56 Å². The summed E-state index contributed by atoms with van der Waals surface area (Å²) in [6, 6.07) is 6.40. The van der Waals surface area contributed by atoms with E-state index in [0.717, 1.165) is 19.4 Å². The van der Waals surface area contributed by atoms with Crippen molar-refractivity contribution < 1.29 is 9.90 Å². The molecular weight excluding hydrogens is 202 g/mol. The van der Waals surface area contributed by atoms with Gasteiger partial charge in [-0.25, -0.2) is 0 Å². The molecule has 0 radical (unpaired) electrons. The van der Waals surface area contributed by atoms with Gasteiger partial charge in [-0.2, -0.15) is 0 Å². The average Bonchev–Trinajstić information content (AvgIpc) is 2.27. The summed E-state index contributed by atoms with van der Waals surface area (Å²) in [5.74, 6) is 0.287. The van der Waals surface area contributed by atoms with Crippen LogP contribution in [0, 0.1) is 0 Å². The second kappa shape index (κ2) is 6.28. The fraction of sp³-hybridized carbons (Fsp3) is 0.462. The first kappa shape index (κ1) is 12.7. The van der Waals surface area contributed by atoms with Crippen molar-refractivity contribution in [2.45, 2.75) is 19.8 Å². The summed E-state index contributed by atoms with van der Waals surface area (Å²) in [5.41, 5.74) is 0.654. The summed E-state index contributed by atoms with van der Waals surface area (Å²) in [4.78, 5) is 13.8. The molecule has 3 heteroatoms. The van der Waals surface area contributed by atoms with E-state index in [9.17, 15) is 4.79 Å². The first-order valence-electron chi connectivity index (χ1n) is 5.64. The lowest BCUT2D eigenvalue weighted by Crippen LogP contribution is -2.26. The summed E-state index contributed by atoms with van der Waals surface area (Å²) in [6.45, 7) is 3.51. The van der Waals surface area contributed by atoms with Crippen LogP contribution >= 0.6 is 0 Å². The molecule has 88 valence electrons. The minimum absolute atomic E-state index is 0.0959. The molecule has 1 N–H and O–H groups in total. The molecular formula is C13H19NO2. The van der Waals surface area contributed by atoms with Gasteiger partial charge in [0.15, 0.2) is 5.78 Å². The molecule has 0 heterocycles. The zero-order valence-corrected chi connectivity index (χ0v) is 9.94. The number of carbonyl (C=O) groups excluding carboxylic acids is 1. The van der Waals surface area contributed by atoms with Crippen molar-refractivity contribution >= 4 is 5.78 Å². The quantitative estimate of drug-likeness (QED) is 0.749. The van der Waals surface area contributed by atoms with Crippen molar-refractivity contribution in [2.24, 2.45) is 0 Å². The largest absolute Gasteiger partial charge is 0.508 e. The third kappa shape index (κ3) is 4.03. The number of ketones is 1. The van der Waals surface area contributed by atoms with Crippen LogP contribution < -0.4 is 0 Å². The van der Waals surface area contributed by atoms with Gasteiger partial charge in [-0.05, 0) is 44.3 Å². The van der Waals surface area contributed by atoms with Crippen LogP contribution in [0.3, 0.4) is 0 Å². The Morgan fingerprint density at radius 1 is 1.31 bits per heavy atom. The molecule has 0 spiro atoms. The molecule has 16 heavy (non-hydrogen) atoms. The standard InChI is InChI=1S/C13H19NO2/c1-3-4-9-14(2)10-13(16)11-5-7-12(15)8-6-11/h5-8,15H,3-4,9-10H2,1-2H3. The number of nitrogens with zero attached hydrogens (tertiary/aromatic N) is 1. The van der Waals surface area contributed by atoms with Crippen molar-refractivity contribution in [2.75, 3.05) is 20.1 Å². The Kier molecular flexibility index (Phi) is 4.99. The van der Waals surface area contributed by atoms with Crippen molar-refractivity contribution in [3.05, 3.63) is 29.8 Å². The lowest BCUT2D eigenvalue weighted by Gasteiger charge is -2.14. The molecule has 0 amide bonds. The highest BCUT2D eigenvalue weighted by molar-refractivity contribution is 5.97. The third-order valence-electron chi connectivity index (χ3n) is 2.50. The molecule has 0 aliphatic heterocycles. The smallest absolute Gasteiger partial charge is 0.176 e. The molecule has 3 nitrogen and oxygen atoms in total. The van der Waals surface area contributed by atoms with Crippen molar-refractivity contribution in [3.8, 4) is 5.75 Å². The second-order valence-corrected chi connectivity index (χ2v) is 4.06. The SMILES string of the molecule is CCCCN(C)CC(=O)c1ccc(O)cc1. The minimum Gasteiger partial charge on any atom is -0.508 e. The molecule has 1 aromatic carbocycles. The Morgan fingerprint density at radius 2 is 1.94 bits per heavy atom. The van der Waals surface area contributed by atoms with Gasteiger partial charge in [0.05, 0.1) is 6.54 Å². The van der Waals surface area contributed by atoms with Crippen LogP contribution in [0.4, 0.5) is 0 Å². The zero-order valence-electron chi connectivity index (χ0n) is 9.94. The summed E-state index contributed by atoms with van der Waals surface area (Å²) in [5, 5.41) is 9.11. The van der Waals surface area contributed by atoms with E-state index in [4.69, 9.17) is 5.11 Å². The van der Waals surface area contributed by atoms with E-state index < -0.39 is 0 Å². The van der Waals surface area contributed by atoms with Crippen LogP contribution in [0.2, 0.25) is 0 Å². The molecule has 0 aliphatic carbocycles. The maximum absolute atomic E-state index is 11.8. The Morgan fingerprint density at radius 3 is 2.50 bits per heavy atom. The molecule has 0 aromatic heterocycles. The highest BCUT2D eigenvalue weighted by Gasteiger charge is 2.08. The van der Waals surface area contributed by atoms with Crippen LogP contribution in [0.1, 0.15) is 30.1 Å². The van der Waals surface area contributed by atoms with Crippen LogP contribution in [0.5, 0.6) is 5.75 Å². The first-order valence-corrected chi connectivity index (χ1v) is 5.64. The fourth-order valence-corrected chi connectivity index (χ4v) is 1.49. The number of Topliss-reactive ketones (excluding diaryl/α,β-unsaturated/α-hetero) is 1. The fourth-order valence-electron chi connectivity index (χ4n) is 1.49. The van der Waals surface area contributed by atoms with E-state index in [1.807, 2.05) is 11.9 Å². The van der Waals surface area contributed by atoms with Crippen LogP contribution in [-0.4, -0.2) is 35.9 Å². The lowest BCUT2D eigenvalue weighted by atomic mass is 10.1. The summed E-state index contributed by atoms with van der Waals surface area (Å²) < 4.78 is 0. The van der Waals surface area contributed by atoms with Gasteiger partial charge in [0.1, 0.15) is 5.75 Å². The van der Waals surface area contributed by atoms with E-state index in [-0.39, 0.29) is 11.5 Å². The van der Waals surface area contributed by atoms with Gasteiger partial charge in [0.25, 0.3) is 0 Å². The van der Waals surface area contributed by atoms with E-state index in [1.54, 1.807) is 24.3 Å². The molecule has 1 aromatic rings. The van der Waals surface area contributed by atoms with Crippen LogP contribution in [0.15, 0.2) is 24.3 Å². The monoisotopic (exact) mass is 221 g/mol. The third-order valence-corrected chi connectivity index (χ3v) is 2.50. The number of likely N-dealkylation sites (N-methyl/N-ethyl adjacent to an activating group) is 1. The number of hydrogen-bond acceptors (Lipinski definition) is 3. The normalized spacial score (nSPS) is 10.7. The predicted octanol–water partition coefficient (Wildman–Crippen LogP) is 2.31. The number of aromatic hydroxyl groups is 1. The second-order valence-electron chi connectivity index (χ2n) is 4.06. The summed E-state index contributed by atoms with van der Waals surface area (Å²) in [6.07, 6.45) is 2.25. The first-order chi connectivity index (χ1) is 7.63. The van der Waals surface area contributed by atoms with Gasteiger partial charge in [-0.15, -0.1) is 0 Å². The molecule has 0 unspecified atom stereocenters. The molecule has 0 fully saturated rings. The number of phenolic OH excluding ortho intramolecular Hbond substituents is 1. The maximum atomic E-state index is 11.8. The molecule has 0 atom stereocenters. The van der Waals surface area contributed by atoms with Crippen molar-refractivity contribution in [1.82, 2.24) is 4.90 Å². The van der Waals surface area contributed by atoms with Crippen LogP contribution in [-0.2, 0) is 0 Å². The van der Waals surface area contributed by atoms with Crippen LogP contribution in [0.25, 0.3) is 0 Å². The molecule has 0 saturated carbocycles. The highest BCUT2D eigenvalue weighted by Crippen LogP contribution is 2.10. The number of phenols is 1. The van der Waals surface area contributed by atoms with E-state index in [1.165, 1.54) is 0 Å². The van der Waals surface area contributed by atoms with Gasteiger partial charge in [0.2, 0.25) is 0 Å². The molecule has 1 rings (SSSR count). The Bertz CT molecular complexity index is 332. The molecule has 0 bridgehead atoms. The molecule has 0 aliphatic rings. The highest BCUT2D eigenvalue weighted by atomic mass is 16.3. The summed E-state index contributed by atoms with van der Waals surface area (Å²) in [7, 11) is 1.95. The Balaban J connectivity index is 2.48. The van der Waals surface area contributed by atoms with Crippen molar-refractivity contribution in [3.63, 3.8) is 0 Å². The maximum Gasteiger partial charge on any atom is 0.176 e. The number of benzene rings is 1. The van der Waals surface area contributed by atoms with E-state index in [0.29, 0.717) is 12.1 Å².